The third kappa shape index (κ3) is 3.94. The van der Waals surface area contributed by atoms with Crippen LogP contribution in [-0.2, 0) is 4.79 Å². The van der Waals surface area contributed by atoms with Crippen LogP contribution >= 0.6 is 0 Å². The molecule has 0 atom stereocenters. The molecule has 1 aromatic carbocycles. The molecule has 1 fully saturated rings. The highest BCUT2D eigenvalue weighted by Gasteiger charge is 2.22. The van der Waals surface area contributed by atoms with E-state index in [-0.39, 0.29) is 30.1 Å². The summed E-state index contributed by atoms with van der Waals surface area (Å²) in [4.78, 5) is 23.0. The first-order valence-corrected chi connectivity index (χ1v) is 6.19. The topological polar surface area (TPSA) is 84.2 Å². The number of nitrogens with two attached hydrogens (primary N) is 1. The minimum Gasteiger partial charge on any atom is -0.396 e. The molecule has 0 saturated heterocycles. The zero-order valence-electron chi connectivity index (χ0n) is 10.4. The van der Waals surface area contributed by atoms with Crippen molar-refractivity contribution in [3.05, 3.63) is 29.6 Å². The maximum atomic E-state index is 13.2. The summed E-state index contributed by atoms with van der Waals surface area (Å²) in [5, 5.41) is 5.38. The second-order valence-electron chi connectivity index (χ2n) is 4.58. The molecule has 0 bridgehead atoms. The lowest BCUT2D eigenvalue weighted by atomic mass is 10.2. The fourth-order valence-corrected chi connectivity index (χ4v) is 1.59. The molecular weight excluding hydrogens is 249 g/mol. The monoisotopic (exact) mass is 265 g/mol. The molecule has 4 N–H and O–H groups in total. The van der Waals surface area contributed by atoms with Gasteiger partial charge in [-0.1, -0.05) is 0 Å². The van der Waals surface area contributed by atoms with E-state index in [1.54, 1.807) is 0 Å². The van der Waals surface area contributed by atoms with Gasteiger partial charge in [-0.25, -0.2) is 4.39 Å². The van der Waals surface area contributed by atoms with Gasteiger partial charge in [0.25, 0.3) is 5.91 Å². The van der Waals surface area contributed by atoms with Crippen molar-refractivity contribution in [1.29, 1.82) is 0 Å². The summed E-state index contributed by atoms with van der Waals surface area (Å²) in [5.74, 6) is -1.12. The fourth-order valence-electron chi connectivity index (χ4n) is 1.59. The van der Waals surface area contributed by atoms with E-state index in [1.807, 2.05) is 0 Å². The minimum atomic E-state index is -0.626. The molecule has 1 aliphatic carbocycles. The third-order valence-corrected chi connectivity index (χ3v) is 2.84. The van der Waals surface area contributed by atoms with Crippen LogP contribution in [0.4, 0.5) is 10.1 Å². The highest BCUT2D eigenvalue weighted by atomic mass is 19.1. The number of carbonyl (C=O) groups excluding carboxylic acids is 2. The third-order valence-electron chi connectivity index (χ3n) is 2.84. The SMILES string of the molecule is Nc1ccc(C(=O)NCCC(=O)NC2CC2)cc1F. The molecular formula is C13H16FN3O2. The lowest BCUT2D eigenvalue weighted by Gasteiger charge is -2.06. The zero-order valence-corrected chi connectivity index (χ0v) is 10.4. The number of amides is 2. The quantitative estimate of drug-likeness (QED) is 0.689. The number of nitrogen functional groups attached to an aromatic ring is 1. The molecule has 102 valence electrons. The Labute approximate surface area is 110 Å². The Hall–Kier alpha value is -2.11. The Morgan fingerprint density at radius 2 is 2.11 bits per heavy atom. The first-order chi connectivity index (χ1) is 9.06. The number of nitrogens with one attached hydrogen (secondary N) is 2. The van der Waals surface area contributed by atoms with E-state index in [0.717, 1.165) is 18.9 Å². The zero-order chi connectivity index (χ0) is 13.8. The van der Waals surface area contributed by atoms with Crippen LogP contribution in [-0.4, -0.2) is 24.4 Å². The lowest BCUT2D eigenvalue weighted by Crippen LogP contribution is -2.31. The van der Waals surface area contributed by atoms with Gasteiger partial charge >= 0.3 is 0 Å². The number of benzene rings is 1. The average Bonchev–Trinajstić information content (AvgIpc) is 3.16. The number of anilines is 1. The van der Waals surface area contributed by atoms with Crippen molar-refractivity contribution in [2.45, 2.75) is 25.3 Å². The van der Waals surface area contributed by atoms with Crippen molar-refractivity contribution >= 4 is 17.5 Å². The van der Waals surface area contributed by atoms with Crippen LogP contribution in [0.25, 0.3) is 0 Å². The summed E-state index contributed by atoms with van der Waals surface area (Å²) < 4.78 is 13.2. The van der Waals surface area contributed by atoms with Gasteiger partial charge in [0.2, 0.25) is 5.91 Å². The van der Waals surface area contributed by atoms with Crippen LogP contribution in [0, 0.1) is 5.82 Å². The highest BCUT2D eigenvalue weighted by Crippen LogP contribution is 2.18. The Balaban J connectivity index is 1.76. The van der Waals surface area contributed by atoms with Gasteiger partial charge in [0, 0.05) is 24.6 Å². The highest BCUT2D eigenvalue weighted by molar-refractivity contribution is 5.94. The van der Waals surface area contributed by atoms with Gasteiger partial charge in [-0.15, -0.1) is 0 Å². The van der Waals surface area contributed by atoms with Crippen molar-refractivity contribution in [3.8, 4) is 0 Å². The van der Waals surface area contributed by atoms with Gasteiger partial charge < -0.3 is 16.4 Å². The van der Waals surface area contributed by atoms with E-state index in [4.69, 9.17) is 5.73 Å². The summed E-state index contributed by atoms with van der Waals surface area (Å²) in [6.07, 6.45) is 2.28. The van der Waals surface area contributed by atoms with Crippen molar-refractivity contribution in [3.63, 3.8) is 0 Å². The summed E-state index contributed by atoms with van der Waals surface area (Å²) in [7, 11) is 0. The first kappa shape index (κ1) is 13.3. The normalized spacial score (nSPS) is 13.9. The summed E-state index contributed by atoms with van der Waals surface area (Å²) in [6.45, 7) is 0.226. The van der Waals surface area contributed by atoms with Crippen molar-refractivity contribution in [2.24, 2.45) is 0 Å². The summed E-state index contributed by atoms with van der Waals surface area (Å²) in [6, 6.07) is 4.17. The largest absolute Gasteiger partial charge is 0.396 e. The number of hydrogen-bond donors (Lipinski definition) is 3. The van der Waals surface area contributed by atoms with Gasteiger partial charge in [0.15, 0.2) is 0 Å². The Morgan fingerprint density at radius 1 is 1.37 bits per heavy atom. The van der Waals surface area contributed by atoms with E-state index in [2.05, 4.69) is 10.6 Å². The smallest absolute Gasteiger partial charge is 0.251 e. The van der Waals surface area contributed by atoms with Crippen molar-refractivity contribution in [1.82, 2.24) is 10.6 Å². The molecule has 0 aliphatic heterocycles. The van der Waals surface area contributed by atoms with Crippen LogP contribution in [0.1, 0.15) is 29.6 Å². The lowest BCUT2D eigenvalue weighted by molar-refractivity contribution is -0.121. The van der Waals surface area contributed by atoms with Gasteiger partial charge in [-0.2, -0.15) is 0 Å². The Kier molecular flexibility index (Phi) is 3.99. The Morgan fingerprint density at radius 3 is 2.74 bits per heavy atom. The standard InChI is InChI=1S/C13H16FN3O2/c14-10-7-8(1-4-11(10)15)13(19)16-6-5-12(18)17-9-2-3-9/h1,4,7,9H,2-3,5-6,15H2,(H,16,19)(H,17,18). The maximum Gasteiger partial charge on any atom is 0.251 e. The van der Waals surface area contributed by atoms with Gasteiger partial charge in [0.1, 0.15) is 5.82 Å². The van der Waals surface area contributed by atoms with Crippen molar-refractivity contribution in [2.75, 3.05) is 12.3 Å². The minimum absolute atomic E-state index is 0.000334. The van der Waals surface area contributed by atoms with Crippen LogP contribution < -0.4 is 16.4 Å². The number of carbonyl (C=O) groups is 2. The molecule has 0 unspecified atom stereocenters. The number of halogens is 1. The van der Waals surface area contributed by atoms with E-state index >= 15 is 0 Å². The van der Waals surface area contributed by atoms with E-state index < -0.39 is 11.7 Å². The van der Waals surface area contributed by atoms with Crippen LogP contribution in [0.15, 0.2) is 18.2 Å². The molecule has 1 saturated carbocycles. The second kappa shape index (κ2) is 5.69. The predicted octanol–water partition coefficient (Wildman–Crippen LogP) is 0.806. The van der Waals surface area contributed by atoms with Gasteiger partial charge in [-0.05, 0) is 31.0 Å². The summed E-state index contributed by atoms with van der Waals surface area (Å²) in [5.41, 5.74) is 5.51. The molecule has 1 aromatic rings. The maximum absolute atomic E-state index is 13.2. The fraction of sp³-hybridized carbons (Fsp3) is 0.385. The molecule has 0 spiro atoms. The number of rotatable bonds is 5. The Bertz CT molecular complexity index is 501. The average molecular weight is 265 g/mol. The van der Waals surface area contributed by atoms with Crippen LogP contribution in [0.5, 0.6) is 0 Å². The molecule has 0 radical (unpaired) electrons. The summed E-state index contributed by atoms with van der Waals surface area (Å²) >= 11 is 0. The number of hydrogen-bond acceptors (Lipinski definition) is 3. The van der Waals surface area contributed by atoms with Gasteiger partial charge in [-0.3, -0.25) is 9.59 Å². The molecule has 5 nitrogen and oxygen atoms in total. The molecule has 2 rings (SSSR count). The molecule has 0 heterocycles. The molecule has 2 amide bonds. The predicted molar refractivity (Wildman–Crippen MR) is 68.9 cm³/mol. The first-order valence-electron chi connectivity index (χ1n) is 6.19. The molecule has 1 aliphatic rings. The van der Waals surface area contributed by atoms with E-state index in [9.17, 15) is 14.0 Å². The van der Waals surface area contributed by atoms with Gasteiger partial charge in [0.05, 0.1) is 5.69 Å². The van der Waals surface area contributed by atoms with E-state index in [1.165, 1.54) is 12.1 Å². The molecule has 6 heteroatoms. The van der Waals surface area contributed by atoms with Crippen molar-refractivity contribution < 1.29 is 14.0 Å². The van der Waals surface area contributed by atoms with E-state index in [0.29, 0.717) is 6.04 Å². The molecule has 19 heavy (non-hydrogen) atoms. The van der Waals surface area contributed by atoms with Crippen LogP contribution in [0.3, 0.4) is 0 Å². The molecule has 0 aromatic heterocycles. The second-order valence-corrected chi connectivity index (χ2v) is 4.58. The van der Waals surface area contributed by atoms with Crippen LogP contribution in [0.2, 0.25) is 0 Å².